The molecular formula is C10H20O2S. The van der Waals surface area contributed by atoms with Gasteiger partial charge < -0.3 is 9.84 Å². The molecule has 0 aromatic rings. The van der Waals surface area contributed by atoms with Gasteiger partial charge in [-0.3, -0.25) is 0 Å². The number of aliphatic hydroxyl groups is 1. The smallest absolute Gasteiger partial charge is 0.0698 e. The van der Waals surface area contributed by atoms with E-state index in [-0.39, 0.29) is 6.61 Å². The molecule has 1 aliphatic carbocycles. The number of hydrogen-bond acceptors (Lipinski definition) is 3. The van der Waals surface area contributed by atoms with Crippen molar-refractivity contribution in [3.8, 4) is 0 Å². The fraction of sp³-hybridized carbons (Fsp3) is 1.00. The molecule has 0 aliphatic heterocycles. The lowest BCUT2D eigenvalue weighted by Crippen LogP contribution is -2.04. The summed E-state index contributed by atoms with van der Waals surface area (Å²) in [5.41, 5.74) is 0. The first-order valence-electron chi connectivity index (χ1n) is 5.20. The van der Waals surface area contributed by atoms with Gasteiger partial charge in [-0.25, -0.2) is 0 Å². The highest BCUT2D eigenvalue weighted by Crippen LogP contribution is 2.27. The van der Waals surface area contributed by atoms with Gasteiger partial charge in [0.15, 0.2) is 0 Å². The van der Waals surface area contributed by atoms with Crippen molar-refractivity contribution in [1.29, 1.82) is 0 Å². The topological polar surface area (TPSA) is 29.5 Å². The molecule has 0 aromatic heterocycles. The number of ether oxygens (including phenoxy) is 1. The van der Waals surface area contributed by atoms with E-state index in [1.54, 1.807) is 0 Å². The molecule has 0 bridgehead atoms. The molecule has 0 unspecified atom stereocenters. The van der Waals surface area contributed by atoms with Crippen molar-refractivity contribution in [2.45, 2.75) is 25.7 Å². The van der Waals surface area contributed by atoms with E-state index in [9.17, 15) is 0 Å². The predicted molar refractivity (Wildman–Crippen MR) is 57.2 cm³/mol. The largest absolute Gasteiger partial charge is 0.394 e. The van der Waals surface area contributed by atoms with Crippen LogP contribution in [0.5, 0.6) is 0 Å². The van der Waals surface area contributed by atoms with E-state index in [2.05, 4.69) is 0 Å². The molecule has 0 radical (unpaired) electrons. The zero-order valence-corrected chi connectivity index (χ0v) is 9.02. The van der Waals surface area contributed by atoms with E-state index in [0.717, 1.165) is 18.3 Å². The van der Waals surface area contributed by atoms with Crippen LogP contribution in [0.15, 0.2) is 0 Å². The highest BCUT2D eigenvalue weighted by molar-refractivity contribution is 7.99. The normalized spacial score (nSPS) is 18.2. The molecule has 1 N–H and O–H groups in total. The van der Waals surface area contributed by atoms with Gasteiger partial charge in [-0.05, 0) is 24.5 Å². The van der Waals surface area contributed by atoms with Crippen molar-refractivity contribution < 1.29 is 9.84 Å². The molecule has 3 heteroatoms. The molecule has 0 spiro atoms. The summed E-state index contributed by atoms with van der Waals surface area (Å²) in [6.45, 7) is 1.43. The Morgan fingerprint density at radius 2 is 2.00 bits per heavy atom. The van der Waals surface area contributed by atoms with Crippen LogP contribution >= 0.6 is 11.8 Å². The first-order chi connectivity index (χ1) is 6.43. The summed E-state index contributed by atoms with van der Waals surface area (Å²) < 4.78 is 5.18. The molecule has 13 heavy (non-hydrogen) atoms. The third-order valence-electron chi connectivity index (χ3n) is 2.44. The second-order valence-corrected chi connectivity index (χ2v) is 4.71. The molecule has 1 fully saturated rings. The van der Waals surface area contributed by atoms with Crippen molar-refractivity contribution >= 4 is 11.8 Å². The zero-order chi connectivity index (χ0) is 9.36. The number of rotatable bonds is 7. The van der Waals surface area contributed by atoms with E-state index >= 15 is 0 Å². The first kappa shape index (κ1) is 11.3. The Kier molecular flexibility index (Phi) is 6.68. The summed E-state index contributed by atoms with van der Waals surface area (Å²) in [5, 5.41) is 8.46. The molecule has 0 aromatic carbocycles. The third kappa shape index (κ3) is 5.55. The van der Waals surface area contributed by atoms with E-state index in [1.165, 1.54) is 31.4 Å². The Balaban J connectivity index is 1.78. The minimum Gasteiger partial charge on any atom is -0.394 e. The summed E-state index contributed by atoms with van der Waals surface area (Å²) in [6, 6.07) is 0. The van der Waals surface area contributed by atoms with Gasteiger partial charge in [0.2, 0.25) is 0 Å². The van der Waals surface area contributed by atoms with Crippen molar-refractivity contribution in [2.24, 2.45) is 5.92 Å². The Morgan fingerprint density at radius 1 is 1.23 bits per heavy atom. The van der Waals surface area contributed by atoms with Crippen LogP contribution in [-0.4, -0.2) is 36.4 Å². The average Bonchev–Trinajstić information content (AvgIpc) is 2.63. The fourth-order valence-electron chi connectivity index (χ4n) is 1.71. The number of aliphatic hydroxyl groups excluding tert-OH is 1. The Hall–Kier alpha value is 0.270. The van der Waals surface area contributed by atoms with Gasteiger partial charge in [0, 0.05) is 5.75 Å². The monoisotopic (exact) mass is 204 g/mol. The Labute approximate surface area is 85.0 Å². The molecule has 0 amide bonds. The van der Waals surface area contributed by atoms with E-state index < -0.39 is 0 Å². The van der Waals surface area contributed by atoms with E-state index in [0.29, 0.717) is 6.61 Å². The molecule has 1 aliphatic rings. The second kappa shape index (κ2) is 7.65. The predicted octanol–water partition coefficient (Wildman–Crippen LogP) is 1.92. The molecule has 2 nitrogen and oxygen atoms in total. The summed E-state index contributed by atoms with van der Waals surface area (Å²) in [5.74, 6) is 3.36. The lowest BCUT2D eigenvalue weighted by Gasteiger charge is -2.07. The highest BCUT2D eigenvalue weighted by Gasteiger charge is 2.13. The van der Waals surface area contributed by atoms with Gasteiger partial charge in [-0.2, -0.15) is 11.8 Å². The number of thioether (sulfide) groups is 1. The summed E-state index contributed by atoms with van der Waals surface area (Å²) in [4.78, 5) is 0. The van der Waals surface area contributed by atoms with Crippen LogP contribution in [-0.2, 0) is 4.74 Å². The molecule has 0 heterocycles. The van der Waals surface area contributed by atoms with Crippen LogP contribution in [0.25, 0.3) is 0 Å². The lowest BCUT2D eigenvalue weighted by atomic mass is 10.1. The van der Waals surface area contributed by atoms with Crippen molar-refractivity contribution in [3.05, 3.63) is 0 Å². The van der Waals surface area contributed by atoms with Crippen LogP contribution in [0.4, 0.5) is 0 Å². The zero-order valence-electron chi connectivity index (χ0n) is 8.21. The van der Waals surface area contributed by atoms with Crippen LogP contribution in [0.3, 0.4) is 0 Å². The van der Waals surface area contributed by atoms with Crippen LogP contribution in [0.2, 0.25) is 0 Å². The van der Waals surface area contributed by atoms with Gasteiger partial charge >= 0.3 is 0 Å². The quantitative estimate of drug-likeness (QED) is 0.642. The van der Waals surface area contributed by atoms with Crippen molar-refractivity contribution in [2.75, 3.05) is 31.3 Å². The van der Waals surface area contributed by atoms with Gasteiger partial charge in [0.25, 0.3) is 0 Å². The number of hydrogen-bond donors (Lipinski definition) is 1. The minimum atomic E-state index is 0.146. The van der Waals surface area contributed by atoms with Gasteiger partial charge in [0.05, 0.1) is 19.8 Å². The molecule has 0 saturated heterocycles. The summed E-state index contributed by atoms with van der Waals surface area (Å²) in [7, 11) is 0. The maximum absolute atomic E-state index is 8.46. The third-order valence-corrected chi connectivity index (χ3v) is 3.60. The molecular weight excluding hydrogens is 184 g/mol. The Morgan fingerprint density at radius 3 is 2.69 bits per heavy atom. The Bertz CT molecular complexity index is 113. The van der Waals surface area contributed by atoms with Crippen LogP contribution in [0, 0.1) is 5.92 Å². The molecule has 1 rings (SSSR count). The maximum Gasteiger partial charge on any atom is 0.0698 e. The summed E-state index contributed by atoms with van der Waals surface area (Å²) in [6.07, 6.45) is 5.74. The summed E-state index contributed by atoms with van der Waals surface area (Å²) >= 11 is 1.99. The van der Waals surface area contributed by atoms with Crippen LogP contribution < -0.4 is 0 Å². The SMILES string of the molecule is OCCOCCSCC1CCCC1. The van der Waals surface area contributed by atoms with E-state index in [4.69, 9.17) is 9.84 Å². The maximum atomic E-state index is 8.46. The standard InChI is InChI=1S/C10H20O2S/c11-5-6-12-7-8-13-9-10-3-1-2-4-10/h10-11H,1-9H2. The molecule has 0 atom stereocenters. The second-order valence-electron chi connectivity index (χ2n) is 3.56. The van der Waals surface area contributed by atoms with Crippen molar-refractivity contribution in [3.63, 3.8) is 0 Å². The lowest BCUT2D eigenvalue weighted by molar-refractivity contribution is 0.103. The first-order valence-corrected chi connectivity index (χ1v) is 6.35. The van der Waals surface area contributed by atoms with Gasteiger partial charge in [-0.1, -0.05) is 12.8 Å². The average molecular weight is 204 g/mol. The van der Waals surface area contributed by atoms with Crippen molar-refractivity contribution in [1.82, 2.24) is 0 Å². The van der Waals surface area contributed by atoms with Crippen LogP contribution in [0.1, 0.15) is 25.7 Å². The van der Waals surface area contributed by atoms with Gasteiger partial charge in [-0.15, -0.1) is 0 Å². The van der Waals surface area contributed by atoms with E-state index in [1.807, 2.05) is 11.8 Å². The fourth-order valence-corrected chi connectivity index (χ4v) is 2.78. The molecule has 1 saturated carbocycles. The minimum absolute atomic E-state index is 0.146. The highest BCUT2D eigenvalue weighted by atomic mass is 32.2. The van der Waals surface area contributed by atoms with Gasteiger partial charge in [0.1, 0.15) is 0 Å². The molecule has 78 valence electrons.